The second-order valence-electron chi connectivity index (χ2n) is 1.13. The maximum absolute atomic E-state index is 6.65. The van der Waals surface area contributed by atoms with Gasteiger partial charge in [0.25, 0.3) is 0 Å². The lowest BCUT2D eigenvalue weighted by Gasteiger charge is -2.05. The van der Waals surface area contributed by atoms with Crippen LogP contribution in [0.25, 0.3) is 0 Å². The largest absolute Gasteiger partial charge is 0.370 e. The van der Waals surface area contributed by atoms with Crippen molar-refractivity contribution in [1.29, 1.82) is 10.8 Å². The molecule has 0 heterocycles. The summed E-state index contributed by atoms with van der Waals surface area (Å²) in [5.41, 5.74) is 4.90. The third kappa shape index (κ3) is 1.75. The van der Waals surface area contributed by atoms with Crippen LogP contribution >= 0.6 is 0 Å². The standard InChI is InChI=1S/C3H8N4/c1-7(2-4)3(5)6/h2,4H,1H3,(H3,5,6). The van der Waals surface area contributed by atoms with Crippen molar-refractivity contribution in [3.8, 4) is 0 Å². The van der Waals surface area contributed by atoms with Crippen molar-refractivity contribution < 1.29 is 0 Å². The molecule has 0 rings (SSSR count). The lowest BCUT2D eigenvalue weighted by molar-refractivity contribution is 0.752. The van der Waals surface area contributed by atoms with Crippen molar-refractivity contribution in [2.75, 3.05) is 7.05 Å². The van der Waals surface area contributed by atoms with E-state index in [1.54, 1.807) is 0 Å². The van der Waals surface area contributed by atoms with Crippen molar-refractivity contribution in [3.63, 3.8) is 0 Å². The zero-order valence-corrected chi connectivity index (χ0v) is 4.10. The van der Waals surface area contributed by atoms with Gasteiger partial charge in [-0.05, 0) is 0 Å². The smallest absolute Gasteiger partial charge is 0.193 e. The van der Waals surface area contributed by atoms with E-state index in [0.29, 0.717) is 0 Å². The number of hydrogen-bond donors (Lipinski definition) is 3. The fourth-order valence-electron chi connectivity index (χ4n) is 0.0695. The number of nitrogens with zero attached hydrogens (tertiary/aromatic N) is 1. The summed E-state index contributed by atoms with van der Waals surface area (Å²) < 4.78 is 0. The minimum atomic E-state index is -0.116. The van der Waals surface area contributed by atoms with Crippen LogP contribution in [0.4, 0.5) is 0 Å². The van der Waals surface area contributed by atoms with Crippen molar-refractivity contribution >= 4 is 12.3 Å². The zero-order chi connectivity index (χ0) is 5.86. The van der Waals surface area contributed by atoms with Crippen molar-refractivity contribution in [2.24, 2.45) is 5.73 Å². The van der Waals surface area contributed by atoms with Gasteiger partial charge in [-0.15, -0.1) is 0 Å². The Hall–Kier alpha value is -1.06. The monoisotopic (exact) mass is 100 g/mol. The van der Waals surface area contributed by atoms with Gasteiger partial charge in [0.1, 0.15) is 0 Å². The Morgan fingerprint density at radius 1 is 1.86 bits per heavy atom. The highest BCUT2D eigenvalue weighted by molar-refractivity contribution is 5.85. The molecule has 0 aromatic carbocycles. The van der Waals surface area contributed by atoms with Crippen molar-refractivity contribution in [2.45, 2.75) is 0 Å². The molecule has 4 N–H and O–H groups in total. The van der Waals surface area contributed by atoms with E-state index >= 15 is 0 Å². The molecule has 0 aliphatic heterocycles. The molecule has 0 spiro atoms. The van der Waals surface area contributed by atoms with Crippen molar-refractivity contribution in [1.82, 2.24) is 4.90 Å². The second kappa shape index (κ2) is 2.17. The van der Waals surface area contributed by atoms with Crippen LogP contribution < -0.4 is 5.73 Å². The average molecular weight is 100 g/mol. The molecule has 4 heteroatoms. The van der Waals surface area contributed by atoms with E-state index in [2.05, 4.69) is 0 Å². The van der Waals surface area contributed by atoms with Gasteiger partial charge in [0.2, 0.25) is 0 Å². The van der Waals surface area contributed by atoms with E-state index in [9.17, 15) is 0 Å². The molecule has 0 saturated carbocycles. The molecule has 0 radical (unpaired) electrons. The molecule has 0 amide bonds. The Kier molecular flexibility index (Phi) is 1.84. The third-order valence-corrected chi connectivity index (χ3v) is 0.574. The van der Waals surface area contributed by atoms with E-state index in [1.807, 2.05) is 0 Å². The first-order chi connectivity index (χ1) is 3.18. The van der Waals surface area contributed by atoms with Gasteiger partial charge in [-0.3, -0.25) is 10.8 Å². The summed E-state index contributed by atoms with van der Waals surface area (Å²) in [6.45, 7) is 0. The minimum absolute atomic E-state index is 0.116. The van der Waals surface area contributed by atoms with Gasteiger partial charge in [-0.25, -0.2) is 0 Å². The van der Waals surface area contributed by atoms with E-state index in [-0.39, 0.29) is 5.96 Å². The summed E-state index contributed by atoms with van der Waals surface area (Å²) >= 11 is 0. The number of guanidine groups is 1. The van der Waals surface area contributed by atoms with Gasteiger partial charge in [0.05, 0.1) is 6.34 Å². The molecule has 0 aliphatic carbocycles. The fraction of sp³-hybridized carbons (Fsp3) is 0.333. The van der Waals surface area contributed by atoms with Gasteiger partial charge >= 0.3 is 0 Å². The molecule has 0 unspecified atom stereocenters. The molecular weight excluding hydrogens is 92.1 g/mol. The number of rotatable bonds is 1. The lowest BCUT2D eigenvalue weighted by atomic mass is 10.8. The van der Waals surface area contributed by atoms with Gasteiger partial charge in [0, 0.05) is 7.05 Å². The average Bonchev–Trinajstić information content (AvgIpc) is 1.65. The van der Waals surface area contributed by atoms with Crippen LogP contribution in [-0.4, -0.2) is 24.2 Å². The Labute approximate surface area is 41.9 Å². The Bertz CT molecular complexity index is 86.9. The molecule has 4 nitrogen and oxygen atoms in total. The molecule has 0 aromatic heterocycles. The van der Waals surface area contributed by atoms with E-state index in [0.717, 1.165) is 6.34 Å². The topological polar surface area (TPSA) is 77.0 Å². The predicted octanol–water partition coefficient (Wildman–Crippen LogP) is -0.581. The second-order valence-corrected chi connectivity index (χ2v) is 1.13. The zero-order valence-electron chi connectivity index (χ0n) is 4.10. The molecule has 0 aliphatic rings. The highest BCUT2D eigenvalue weighted by atomic mass is 15.2. The van der Waals surface area contributed by atoms with Crippen LogP contribution in [0.2, 0.25) is 0 Å². The first-order valence-electron chi connectivity index (χ1n) is 1.76. The summed E-state index contributed by atoms with van der Waals surface area (Å²) in [5.74, 6) is -0.116. The Morgan fingerprint density at radius 3 is 2.29 bits per heavy atom. The van der Waals surface area contributed by atoms with Crippen LogP contribution in [0.3, 0.4) is 0 Å². The molecule has 0 aromatic rings. The van der Waals surface area contributed by atoms with Gasteiger partial charge in [-0.1, -0.05) is 0 Å². The first kappa shape index (κ1) is 5.94. The molecule has 40 valence electrons. The van der Waals surface area contributed by atoms with Crippen LogP contribution in [0.1, 0.15) is 0 Å². The van der Waals surface area contributed by atoms with Crippen molar-refractivity contribution in [3.05, 3.63) is 0 Å². The summed E-state index contributed by atoms with van der Waals surface area (Å²) in [5, 5.41) is 13.2. The fourth-order valence-corrected chi connectivity index (χ4v) is 0.0695. The maximum Gasteiger partial charge on any atom is 0.193 e. The molecular formula is C3H8N4. The summed E-state index contributed by atoms with van der Waals surface area (Å²) in [4.78, 5) is 1.19. The predicted molar refractivity (Wildman–Crippen MR) is 28.5 cm³/mol. The molecule has 0 bridgehead atoms. The third-order valence-electron chi connectivity index (χ3n) is 0.574. The first-order valence-corrected chi connectivity index (χ1v) is 1.76. The summed E-state index contributed by atoms with van der Waals surface area (Å²) in [6, 6.07) is 0. The Balaban J connectivity index is 3.55. The van der Waals surface area contributed by atoms with Crippen LogP contribution in [0, 0.1) is 10.8 Å². The van der Waals surface area contributed by atoms with Gasteiger partial charge in [0.15, 0.2) is 5.96 Å². The lowest BCUT2D eigenvalue weighted by Crippen LogP contribution is -2.30. The highest BCUT2D eigenvalue weighted by Gasteiger charge is 1.88. The summed E-state index contributed by atoms with van der Waals surface area (Å²) in [7, 11) is 1.54. The molecule has 0 saturated heterocycles. The molecule has 7 heavy (non-hydrogen) atoms. The molecule has 0 atom stereocenters. The number of hydrogen-bond acceptors (Lipinski definition) is 2. The van der Waals surface area contributed by atoms with Gasteiger partial charge in [-0.2, -0.15) is 0 Å². The van der Waals surface area contributed by atoms with E-state index in [4.69, 9.17) is 16.6 Å². The van der Waals surface area contributed by atoms with Crippen LogP contribution in [0.15, 0.2) is 0 Å². The van der Waals surface area contributed by atoms with E-state index < -0.39 is 0 Å². The quantitative estimate of drug-likeness (QED) is 0.304. The maximum atomic E-state index is 6.65. The number of nitrogens with one attached hydrogen (secondary N) is 2. The SMILES string of the molecule is CN(C=N)C(=N)N. The molecule has 0 fully saturated rings. The van der Waals surface area contributed by atoms with Crippen LogP contribution in [0.5, 0.6) is 0 Å². The van der Waals surface area contributed by atoms with Crippen LogP contribution in [-0.2, 0) is 0 Å². The van der Waals surface area contributed by atoms with E-state index in [1.165, 1.54) is 11.9 Å². The Morgan fingerprint density at radius 2 is 2.29 bits per heavy atom. The summed E-state index contributed by atoms with van der Waals surface area (Å²) in [6.07, 6.45) is 0.975. The minimum Gasteiger partial charge on any atom is -0.370 e. The normalized spacial score (nSPS) is 7.57. The highest BCUT2D eigenvalue weighted by Crippen LogP contribution is 1.65. The van der Waals surface area contributed by atoms with Gasteiger partial charge < -0.3 is 10.6 Å². The number of nitrogens with two attached hydrogens (primary N) is 1.